The highest BCUT2D eigenvalue weighted by Crippen LogP contribution is 2.35. The van der Waals surface area contributed by atoms with E-state index in [4.69, 9.17) is 23.1 Å². The van der Waals surface area contributed by atoms with E-state index in [-0.39, 0.29) is 32.2 Å². The van der Waals surface area contributed by atoms with Crippen LogP contribution in [0.2, 0.25) is 0 Å². The third kappa shape index (κ3) is 8.78. The molecule has 0 heterocycles. The molecule has 44 heavy (non-hydrogen) atoms. The van der Waals surface area contributed by atoms with Crippen molar-refractivity contribution < 1.29 is 36.7 Å². The molecule has 9 heteroatoms. The smallest absolute Gasteiger partial charge is 0.265 e. The van der Waals surface area contributed by atoms with Gasteiger partial charge in [-0.3, -0.25) is 4.18 Å². The molecule has 4 aromatic carbocycles. The van der Waals surface area contributed by atoms with Gasteiger partial charge in [-0.2, -0.15) is 8.42 Å². The summed E-state index contributed by atoms with van der Waals surface area (Å²) in [7, 11) is -4.09. The predicted octanol–water partition coefficient (Wildman–Crippen LogP) is 4.89. The Kier molecular flexibility index (Phi) is 10.8. The number of ether oxygens (including phenoxy) is 4. The standard InChI is InChI=1S/C35H36O8S/c1-44(37,38)43-32-30(36)31(39-22-26-14-6-2-7-15-26)33(40-23-27-16-8-3-9-17-27)35(42-25-29-20-12-5-13-21-29)34(32)41-24-28-18-10-4-11-19-28/h2-21,32-36H,22-25H2,1H3/p-1/t32?,33?,34?,35-/m0/s1. The maximum atomic E-state index is 14.1. The molecule has 8 nitrogen and oxygen atoms in total. The summed E-state index contributed by atoms with van der Waals surface area (Å²) in [4.78, 5) is 0. The van der Waals surface area contributed by atoms with E-state index < -0.39 is 40.3 Å². The lowest BCUT2D eigenvalue weighted by Gasteiger charge is -2.45. The maximum absolute atomic E-state index is 14.1. The molecule has 0 fully saturated rings. The first kappa shape index (κ1) is 31.4. The normalized spacial score (nSPS) is 20.4. The van der Waals surface area contributed by atoms with Crippen LogP contribution in [0.3, 0.4) is 0 Å². The molecule has 0 bridgehead atoms. The Morgan fingerprint density at radius 1 is 0.545 bits per heavy atom. The van der Waals surface area contributed by atoms with Crippen LogP contribution in [0.1, 0.15) is 22.3 Å². The molecule has 0 saturated carbocycles. The summed E-state index contributed by atoms with van der Waals surface area (Å²) in [6, 6.07) is 37.8. The van der Waals surface area contributed by atoms with Crippen molar-refractivity contribution in [2.45, 2.75) is 50.8 Å². The van der Waals surface area contributed by atoms with Gasteiger partial charge in [-0.05, 0) is 22.3 Å². The largest absolute Gasteiger partial charge is 0.871 e. The molecule has 0 spiro atoms. The number of hydrogen-bond acceptors (Lipinski definition) is 8. The van der Waals surface area contributed by atoms with Crippen LogP contribution in [0, 0.1) is 0 Å². The van der Waals surface area contributed by atoms with Gasteiger partial charge in [0.25, 0.3) is 10.1 Å². The van der Waals surface area contributed by atoms with E-state index in [0.717, 1.165) is 28.5 Å². The monoisotopic (exact) mass is 615 g/mol. The molecular weight excluding hydrogens is 580 g/mol. The first-order valence-electron chi connectivity index (χ1n) is 14.3. The van der Waals surface area contributed by atoms with E-state index in [9.17, 15) is 13.5 Å². The summed E-state index contributed by atoms with van der Waals surface area (Å²) in [5.74, 6) is -0.766. The van der Waals surface area contributed by atoms with Gasteiger partial charge in [0.1, 0.15) is 36.8 Å². The van der Waals surface area contributed by atoms with Gasteiger partial charge in [-0.15, -0.1) is 0 Å². The molecule has 0 aromatic heterocycles. The second kappa shape index (κ2) is 15.1. The van der Waals surface area contributed by atoms with E-state index in [2.05, 4.69) is 0 Å². The molecule has 4 atom stereocenters. The Bertz CT molecular complexity index is 1580. The van der Waals surface area contributed by atoms with E-state index in [1.807, 2.05) is 121 Å². The Balaban J connectivity index is 1.55. The summed E-state index contributed by atoms with van der Waals surface area (Å²) in [6.45, 7) is 0.428. The first-order valence-corrected chi connectivity index (χ1v) is 16.1. The zero-order valence-electron chi connectivity index (χ0n) is 24.4. The topological polar surface area (TPSA) is 103 Å². The highest BCUT2D eigenvalue weighted by molar-refractivity contribution is 7.86. The molecule has 5 rings (SSSR count). The summed E-state index contributed by atoms with van der Waals surface area (Å²) in [6.07, 6.45) is -3.81. The first-order chi connectivity index (χ1) is 21.4. The highest BCUT2D eigenvalue weighted by Gasteiger charge is 2.47. The SMILES string of the molecule is CS(=O)(=O)OC1C([O-])=C(OCc2ccccc2)C(OCc2ccccc2)[C@H](OCc2ccccc2)C1OCc1ccccc1. The van der Waals surface area contributed by atoms with Gasteiger partial charge in [-0.25, -0.2) is 0 Å². The van der Waals surface area contributed by atoms with Crippen molar-refractivity contribution in [3.8, 4) is 0 Å². The van der Waals surface area contributed by atoms with Crippen molar-refractivity contribution in [2.75, 3.05) is 6.26 Å². The molecule has 4 aromatic rings. The summed E-state index contributed by atoms with van der Waals surface area (Å²) in [5.41, 5.74) is 3.40. The van der Waals surface area contributed by atoms with Gasteiger partial charge in [-0.1, -0.05) is 127 Å². The second-order valence-corrected chi connectivity index (χ2v) is 12.1. The average Bonchev–Trinajstić information content (AvgIpc) is 3.04. The number of rotatable bonds is 14. The predicted molar refractivity (Wildman–Crippen MR) is 163 cm³/mol. The van der Waals surface area contributed by atoms with Gasteiger partial charge >= 0.3 is 0 Å². The lowest BCUT2D eigenvalue weighted by atomic mass is 9.91. The van der Waals surface area contributed by atoms with Crippen LogP contribution in [0.4, 0.5) is 0 Å². The fraction of sp³-hybridized carbons (Fsp3) is 0.257. The van der Waals surface area contributed by atoms with Gasteiger partial charge in [0.2, 0.25) is 0 Å². The zero-order chi connectivity index (χ0) is 30.8. The Labute approximate surface area is 258 Å². The van der Waals surface area contributed by atoms with Crippen molar-refractivity contribution in [3.05, 3.63) is 155 Å². The van der Waals surface area contributed by atoms with Crippen LogP contribution in [-0.4, -0.2) is 39.1 Å². The third-order valence-corrected chi connectivity index (χ3v) is 7.60. The molecule has 3 unspecified atom stereocenters. The van der Waals surface area contributed by atoms with E-state index in [0.29, 0.717) is 0 Å². The van der Waals surface area contributed by atoms with E-state index >= 15 is 0 Å². The average molecular weight is 616 g/mol. The minimum absolute atomic E-state index is 0.0552. The van der Waals surface area contributed by atoms with Gasteiger partial charge in [0, 0.05) is 0 Å². The number of hydrogen-bond donors (Lipinski definition) is 0. The second-order valence-electron chi connectivity index (χ2n) is 10.5. The summed E-state index contributed by atoms with van der Waals surface area (Å²) < 4.78 is 55.7. The Morgan fingerprint density at radius 2 is 0.909 bits per heavy atom. The molecule has 230 valence electrons. The molecule has 0 amide bonds. The van der Waals surface area contributed by atoms with Crippen molar-refractivity contribution in [2.24, 2.45) is 0 Å². The van der Waals surface area contributed by atoms with E-state index in [1.54, 1.807) is 0 Å². The summed E-state index contributed by atoms with van der Waals surface area (Å²) >= 11 is 0. The molecule has 0 aliphatic heterocycles. The zero-order valence-corrected chi connectivity index (χ0v) is 25.2. The third-order valence-electron chi connectivity index (χ3n) is 7.04. The molecule has 0 N–H and O–H groups in total. The van der Waals surface area contributed by atoms with Crippen molar-refractivity contribution in [3.63, 3.8) is 0 Å². The quantitative estimate of drug-likeness (QED) is 0.185. The van der Waals surface area contributed by atoms with Crippen LogP contribution >= 0.6 is 0 Å². The minimum atomic E-state index is -4.09. The van der Waals surface area contributed by atoms with Crippen LogP contribution in [0.25, 0.3) is 0 Å². The minimum Gasteiger partial charge on any atom is -0.871 e. The van der Waals surface area contributed by atoms with Gasteiger partial charge in [0.05, 0.1) is 26.1 Å². The Hall–Kier alpha value is -3.99. The van der Waals surface area contributed by atoms with Crippen molar-refractivity contribution >= 4 is 10.1 Å². The lowest BCUT2D eigenvalue weighted by molar-refractivity contribution is -0.342. The van der Waals surface area contributed by atoms with E-state index in [1.165, 1.54) is 0 Å². The molecule has 1 aliphatic carbocycles. The van der Waals surface area contributed by atoms with Gasteiger partial charge in [0.15, 0.2) is 0 Å². The molecule has 1 aliphatic rings. The van der Waals surface area contributed by atoms with Crippen LogP contribution < -0.4 is 5.11 Å². The number of benzene rings is 4. The van der Waals surface area contributed by atoms with Crippen molar-refractivity contribution in [1.29, 1.82) is 0 Å². The molecule has 0 saturated heterocycles. The molecular formula is C35H35O8S-. The van der Waals surface area contributed by atoms with Crippen LogP contribution in [-0.2, 0) is 59.7 Å². The van der Waals surface area contributed by atoms with Crippen molar-refractivity contribution in [1.82, 2.24) is 0 Å². The maximum Gasteiger partial charge on any atom is 0.265 e. The fourth-order valence-electron chi connectivity index (χ4n) is 4.93. The van der Waals surface area contributed by atoms with Crippen LogP contribution in [0.15, 0.2) is 133 Å². The highest BCUT2D eigenvalue weighted by atomic mass is 32.2. The summed E-state index contributed by atoms with van der Waals surface area (Å²) in [5, 5.41) is 14.1. The lowest BCUT2D eigenvalue weighted by Crippen LogP contribution is -2.57. The Morgan fingerprint density at radius 3 is 1.32 bits per heavy atom. The van der Waals surface area contributed by atoms with Gasteiger partial charge < -0.3 is 24.1 Å². The van der Waals surface area contributed by atoms with Crippen LogP contribution in [0.5, 0.6) is 0 Å². The molecule has 0 radical (unpaired) electrons. The fourth-order valence-corrected chi connectivity index (χ4v) is 5.50.